The van der Waals surface area contributed by atoms with Crippen molar-refractivity contribution in [3.63, 3.8) is 0 Å². The van der Waals surface area contributed by atoms with Crippen molar-refractivity contribution in [3.05, 3.63) is 0 Å². The predicted octanol–water partition coefficient (Wildman–Crippen LogP) is 1.81. The van der Waals surface area contributed by atoms with Gasteiger partial charge < -0.3 is 15.4 Å². The minimum absolute atomic E-state index is 0. The molecule has 2 unspecified atom stereocenters. The SMILES string of the molecule is CCCC(C)(N)C(=O)N1CCC(COCC)C1.Cl. The minimum atomic E-state index is -0.699. The van der Waals surface area contributed by atoms with Crippen molar-refractivity contribution in [2.75, 3.05) is 26.3 Å². The fraction of sp³-hybridized carbons (Fsp3) is 0.923. The summed E-state index contributed by atoms with van der Waals surface area (Å²) in [5, 5.41) is 0. The van der Waals surface area contributed by atoms with E-state index in [1.165, 1.54) is 0 Å². The number of carbonyl (C=O) groups is 1. The summed E-state index contributed by atoms with van der Waals surface area (Å²) in [5.41, 5.74) is 5.37. The fourth-order valence-electron chi connectivity index (χ4n) is 2.43. The van der Waals surface area contributed by atoms with Gasteiger partial charge in [-0.1, -0.05) is 13.3 Å². The van der Waals surface area contributed by atoms with Gasteiger partial charge in [-0.3, -0.25) is 4.79 Å². The van der Waals surface area contributed by atoms with Crippen molar-refractivity contribution < 1.29 is 9.53 Å². The molecular weight excluding hydrogens is 252 g/mol. The van der Waals surface area contributed by atoms with E-state index < -0.39 is 5.54 Å². The molecule has 1 fully saturated rings. The molecule has 1 aliphatic rings. The Hall–Kier alpha value is -0.320. The first-order valence-electron chi connectivity index (χ1n) is 6.67. The summed E-state index contributed by atoms with van der Waals surface area (Å²) < 4.78 is 5.41. The topological polar surface area (TPSA) is 55.6 Å². The molecule has 4 nitrogen and oxygen atoms in total. The quantitative estimate of drug-likeness (QED) is 0.806. The number of nitrogens with two attached hydrogens (primary N) is 1. The molecule has 0 aromatic heterocycles. The number of nitrogens with zero attached hydrogens (tertiary/aromatic N) is 1. The average Bonchev–Trinajstić information content (AvgIpc) is 2.73. The number of halogens is 1. The van der Waals surface area contributed by atoms with Crippen LogP contribution in [0.2, 0.25) is 0 Å². The van der Waals surface area contributed by atoms with Gasteiger partial charge >= 0.3 is 0 Å². The van der Waals surface area contributed by atoms with E-state index in [4.69, 9.17) is 10.5 Å². The molecule has 1 rings (SSSR count). The normalized spacial score (nSPS) is 22.4. The first-order chi connectivity index (χ1) is 8.01. The highest BCUT2D eigenvalue weighted by Gasteiger charge is 2.35. The lowest BCUT2D eigenvalue weighted by Crippen LogP contribution is -2.52. The van der Waals surface area contributed by atoms with Gasteiger partial charge in [0.15, 0.2) is 0 Å². The number of amides is 1. The second-order valence-electron chi connectivity index (χ2n) is 5.23. The van der Waals surface area contributed by atoms with Gasteiger partial charge in [0.25, 0.3) is 0 Å². The van der Waals surface area contributed by atoms with Gasteiger partial charge in [-0.2, -0.15) is 0 Å². The van der Waals surface area contributed by atoms with Crippen LogP contribution < -0.4 is 5.73 Å². The molecule has 0 radical (unpaired) electrons. The molecule has 2 N–H and O–H groups in total. The molecular formula is C13H27ClN2O2. The van der Waals surface area contributed by atoms with Gasteiger partial charge in [0.2, 0.25) is 5.91 Å². The van der Waals surface area contributed by atoms with Gasteiger partial charge in [-0.25, -0.2) is 0 Å². The molecule has 108 valence electrons. The van der Waals surface area contributed by atoms with Crippen molar-refractivity contribution in [3.8, 4) is 0 Å². The molecule has 18 heavy (non-hydrogen) atoms. The molecule has 1 heterocycles. The molecule has 0 aromatic carbocycles. The van der Waals surface area contributed by atoms with Gasteiger partial charge in [-0.05, 0) is 26.7 Å². The fourth-order valence-corrected chi connectivity index (χ4v) is 2.43. The Morgan fingerprint density at radius 2 is 2.17 bits per heavy atom. The second kappa shape index (κ2) is 7.97. The zero-order valence-corrected chi connectivity index (χ0v) is 12.6. The van der Waals surface area contributed by atoms with Crippen LogP contribution in [0.5, 0.6) is 0 Å². The van der Waals surface area contributed by atoms with Crippen LogP contribution in [0.15, 0.2) is 0 Å². The van der Waals surface area contributed by atoms with Crippen molar-refractivity contribution in [2.24, 2.45) is 11.7 Å². The summed E-state index contributed by atoms with van der Waals surface area (Å²) in [6.45, 7) is 9.03. The van der Waals surface area contributed by atoms with Gasteiger partial charge in [0.1, 0.15) is 0 Å². The van der Waals surface area contributed by atoms with Crippen molar-refractivity contribution in [1.82, 2.24) is 4.90 Å². The van der Waals surface area contributed by atoms with E-state index in [9.17, 15) is 4.79 Å². The molecule has 2 atom stereocenters. The van der Waals surface area contributed by atoms with E-state index in [0.717, 1.165) is 45.6 Å². The number of carbonyl (C=O) groups excluding carboxylic acids is 1. The van der Waals surface area contributed by atoms with Gasteiger partial charge in [-0.15, -0.1) is 12.4 Å². The summed E-state index contributed by atoms with van der Waals surface area (Å²) in [7, 11) is 0. The zero-order chi connectivity index (χ0) is 12.9. The van der Waals surface area contributed by atoms with E-state index in [2.05, 4.69) is 6.92 Å². The van der Waals surface area contributed by atoms with Crippen LogP contribution in [0.3, 0.4) is 0 Å². The number of likely N-dealkylation sites (tertiary alicyclic amines) is 1. The van der Waals surface area contributed by atoms with Crippen LogP contribution >= 0.6 is 12.4 Å². The maximum absolute atomic E-state index is 12.2. The van der Waals surface area contributed by atoms with E-state index >= 15 is 0 Å². The standard InChI is InChI=1S/C13H26N2O2.ClH/c1-4-7-13(3,14)12(16)15-8-6-11(9-15)10-17-5-2;/h11H,4-10,14H2,1-3H3;1H. The molecule has 1 saturated heterocycles. The number of hydrogen-bond acceptors (Lipinski definition) is 3. The Balaban J connectivity index is 0.00000289. The molecule has 0 aromatic rings. The van der Waals surface area contributed by atoms with Crippen LogP contribution in [-0.2, 0) is 9.53 Å². The third-order valence-electron chi connectivity index (χ3n) is 3.39. The smallest absolute Gasteiger partial charge is 0.242 e. The van der Waals surface area contributed by atoms with Crippen molar-refractivity contribution in [1.29, 1.82) is 0 Å². The van der Waals surface area contributed by atoms with Crippen molar-refractivity contribution in [2.45, 2.75) is 45.6 Å². The molecule has 0 spiro atoms. The largest absolute Gasteiger partial charge is 0.381 e. The lowest BCUT2D eigenvalue weighted by molar-refractivity contribution is -0.135. The predicted molar refractivity (Wildman–Crippen MR) is 75.9 cm³/mol. The van der Waals surface area contributed by atoms with Gasteiger partial charge in [0.05, 0.1) is 12.1 Å². The third kappa shape index (κ3) is 4.75. The Morgan fingerprint density at radius 1 is 1.50 bits per heavy atom. The Bertz CT molecular complexity index is 259. The molecule has 1 aliphatic heterocycles. The molecule has 5 heteroatoms. The summed E-state index contributed by atoms with van der Waals surface area (Å²) in [6.07, 6.45) is 2.72. The van der Waals surface area contributed by atoms with Crippen LogP contribution in [-0.4, -0.2) is 42.6 Å². The summed E-state index contributed by atoms with van der Waals surface area (Å²) in [4.78, 5) is 14.1. The molecule has 0 bridgehead atoms. The summed E-state index contributed by atoms with van der Waals surface area (Å²) >= 11 is 0. The molecule has 1 amide bonds. The Morgan fingerprint density at radius 3 is 2.72 bits per heavy atom. The van der Waals surface area contributed by atoms with Crippen LogP contribution in [0, 0.1) is 5.92 Å². The highest BCUT2D eigenvalue weighted by molar-refractivity contribution is 5.86. The lowest BCUT2D eigenvalue weighted by Gasteiger charge is -2.28. The van der Waals surface area contributed by atoms with E-state index in [0.29, 0.717) is 5.92 Å². The Labute approximate surface area is 117 Å². The highest BCUT2D eigenvalue weighted by atomic mass is 35.5. The average molecular weight is 279 g/mol. The lowest BCUT2D eigenvalue weighted by atomic mass is 9.96. The van der Waals surface area contributed by atoms with Crippen LogP contribution in [0.25, 0.3) is 0 Å². The van der Waals surface area contributed by atoms with Crippen molar-refractivity contribution >= 4 is 18.3 Å². The minimum Gasteiger partial charge on any atom is -0.381 e. The summed E-state index contributed by atoms with van der Waals surface area (Å²) in [6, 6.07) is 0. The van der Waals surface area contributed by atoms with E-state index in [1.54, 1.807) is 0 Å². The van der Waals surface area contributed by atoms with Gasteiger partial charge in [0, 0.05) is 25.6 Å². The Kier molecular flexibility index (Phi) is 7.83. The second-order valence-corrected chi connectivity index (χ2v) is 5.23. The number of ether oxygens (including phenoxy) is 1. The monoisotopic (exact) mass is 278 g/mol. The molecule has 0 aliphatic carbocycles. The number of hydrogen-bond donors (Lipinski definition) is 1. The third-order valence-corrected chi connectivity index (χ3v) is 3.39. The maximum Gasteiger partial charge on any atom is 0.242 e. The first-order valence-corrected chi connectivity index (χ1v) is 6.67. The molecule has 0 saturated carbocycles. The first kappa shape index (κ1) is 17.7. The van der Waals surface area contributed by atoms with E-state index in [-0.39, 0.29) is 18.3 Å². The maximum atomic E-state index is 12.2. The summed E-state index contributed by atoms with van der Waals surface area (Å²) in [5.74, 6) is 0.578. The van der Waals surface area contributed by atoms with Crippen LogP contribution in [0.4, 0.5) is 0 Å². The van der Waals surface area contributed by atoms with E-state index in [1.807, 2.05) is 18.7 Å². The zero-order valence-electron chi connectivity index (χ0n) is 11.8. The van der Waals surface area contributed by atoms with Crippen LogP contribution in [0.1, 0.15) is 40.0 Å². The highest BCUT2D eigenvalue weighted by Crippen LogP contribution is 2.21. The number of rotatable bonds is 6.